The first-order chi connectivity index (χ1) is 6.61. The van der Waals surface area contributed by atoms with Crippen molar-refractivity contribution < 1.29 is 5.11 Å². The molecule has 0 bridgehead atoms. The van der Waals surface area contributed by atoms with Crippen LogP contribution in [0.5, 0.6) is 0 Å². The molecular formula is C13H18O. The predicted molar refractivity (Wildman–Crippen MR) is 58.2 cm³/mol. The van der Waals surface area contributed by atoms with Gasteiger partial charge in [-0.1, -0.05) is 45.0 Å². The van der Waals surface area contributed by atoms with Gasteiger partial charge in [-0.3, -0.25) is 0 Å². The van der Waals surface area contributed by atoms with Crippen LogP contribution < -0.4 is 0 Å². The van der Waals surface area contributed by atoms with E-state index in [1.807, 2.05) is 6.07 Å². The fourth-order valence-corrected chi connectivity index (χ4v) is 2.73. The molecule has 0 saturated carbocycles. The first-order valence-corrected chi connectivity index (χ1v) is 5.43. The molecule has 2 rings (SSSR count). The highest BCUT2D eigenvalue weighted by Crippen LogP contribution is 2.50. The Morgan fingerprint density at radius 1 is 1.29 bits per heavy atom. The Kier molecular flexibility index (Phi) is 2.15. The van der Waals surface area contributed by atoms with Gasteiger partial charge >= 0.3 is 0 Å². The maximum absolute atomic E-state index is 10.6. The lowest BCUT2D eigenvalue weighted by Crippen LogP contribution is -2.29. The monoisotopic (exact) mass is 190 g/mol. The van der Waals surface area contributed by atoms with Crippen molar-refractivity contribution in [2.45, 2.75) is 38.7 Å². The summed E-state index contributed by atoms with van der Waals surface area (Å²) in [5, 5.41) is 10.6. The number of rotatable bonds is 1. The van der Waals surface area contributed by atoms with Crippen molar-refractivity contribution in [2.75, 3.05) is 0 Å². The summed E-state index contributed by atoms with van der Waals surface area (Å²) < 4.78 is 0. The molecular weight excluding hydrogens is 172 g/mol. The maximum Gasteiger partial charge on any atom is 0.0927 e. The van der Waals surface area contributed by atoms with E-state index < -0.39 is 5.60 Å². The summed E-state index contributed by atoms with van der Waals surface area (Å²) in [5.74, 6) is 0.793. The van der Waals surface area contributed by atoms with Gasteiger partial charge in [0, 0.05) is 0 Å². The van der Waals surface area contributed by atoms with Crippen LogP contribution in [-0.2, 0) is 5.60 Å². The van der Waals surface area contributed by atoms with Crippen LogP contribution in [0.25, 0.3) is 0 Å². The van der Waals surface area contributed by atoms with Crippen LogP contribution in [0.3, 0.4) is 0 Å². The summed E-state index contributed by atoms with van der Waals surface area (Å²) in [4.78, 5) is 0. The molecule has 0 aliphatic heterocycles. The van der Waals surface area contributed by atoms with Crippen molar-refractivity contribution in [2.24, 2.45) is 5.92 Å². The van der Waals surface area contributed by atoms with Crippen molar-refractivity contribution in [3.05, 3.63) is 35.4 Å². The summed E-state index contributed by atoms with van der Waals surface area (Å²) in [6, 6.07) is 8.29. The van der Waals surface area contributed by atoms with Crippen LogP contribution in [0, 0.1) is 5.92 Å². The lowest BCUT2D eigenvalue weighted by atomic mass is 9.83. The van der Waals surface area contributed by atoms with Gasteiger partial charge in [0.05, 0.1) is 5.60 Å². The van der Waals surface area contributed by atoms with Crippen LogP contribution in [0.2, 0.25) is 0 Å². The van der Waals surface area contributed by atoms with E-state index in [-0.39, 0.29) is 0 Å². The fraction of sp³-hybridized carbons (Fsp3) is 0.538. The van der Waals surface area contributed by atoms with Gasteiger partial charge in [0.25, 0.3) is 0 Å². The minimum atomic E-state index is -0.601. The second kappa shape index (κ2) is 3.09. The molecule has 1 nitrogen and oxygen atoms in total. The molecule has 0 unspecified atom stereocenters. The quantitative estimate of drug-likeness (QED) is 0.721. The van der Waals surface area contributed by atoms with E-state index in [9.17, 15) is 5.11 Å². The molecule has 1 aliphatic carbocycles. The Balaban J connectivity index is 2.59. The zero-order valence-corrected chi connectivity index (χ0v) is 9.12. The van der Waals surface area contributed by atoms with Crippen molar-refractivity contribution in [3.63, 3.8) is 0 Å². The molecule has 0 heterocycles. The molecule has 14 heavy (non-hydrogen) atoms. The lowest BCUT2D eigenvalue weighted by molar-refractivity contribution is -0.0144. The highest BCUT2D eigenvalue weighted by atomic mass is 16.3. The SMILES string of the molecule is CC[C@]1(O)c2ccccc2[C@H](C)[C@@H]1C. The molecule has 76 valence electrons. The van der Waals surface area contributed by atoms with E-state index in [1.54, 1.807) is 0 Å². The molecule has 1 heteroatoms. The van der Waals surface area contributed by atoms with E-state index >= 15 is 0 Å². The van der Waals surface area contributed by atoms with Crippen molar-refractivity contribution in [3.8, 4) is 0 Å². The van der Waals surface area contributed by atoms with Crippen molar-refractivity contribution in [1.29, 1.82) is 0 Å². The third-order valence-electron chi connectivity index (χ3n) is 3.96. The van der Waals surface area contributed by atoms with E-state index in [4.69, 9.17) is 0 Å². The molecule has 0 saturated heterocycles. The van der Waals surface area contributed by atoms with Crippen LogP contribution in [0.4, 0.5) is 0 Å². The average Bonchev–Trinajstić information content (AvgIpc) is 2.43. The van der Waals surface area contributed by atoms with E-state index in [0.717, 1.165) is 12.0 Å². The van der Waals surface area contributed by atoms with E-state index in [0.29, 0.717) is 11.8 Å². The maximum atomic E-state index is 10.6. The van der Waals surface area contributed by atoms with Gasteiger partial charge in [-0.05, 0) is 29.4 Å². The molecule has 0 fully saturated rings. The molecule has 1 N–H and O–H groups in total. The van der Waals surface area contributed by atoms with Crippen LogP contribution in [0.1, 0.15) is 44.2 Å². The number of hydrogen-bond acceptors (Lipinski definition) is 1. The fourth-order valence-electron chi connectivity index (χ4n) is 2.73. The molecule has 0 spiro atoms. The van der Waals surface area contributed by atoms with Gasteiger partial charge < -0.3 is 5.11 Å². The number of aliphatic hydroxyl groups is 1. The number of benzene rings is 1. The molecule has 0 amide bonds. The third kappa shape index (κ3) is 1.05. The molecule has 0 radical (unpaired) electrons. The van der Waals surface area contributed by atoms with Gasteiger partial charge in [0.2, 0.25) is 0 Å². The van der Waals surface area contributed by atoms with Crippen LogP contribution in [-0.4, -0.2) is 5.11 Å². The summed E-state index contributed by atoms with van der Waals surface area (Å²) in [7, 11) is 0. The second-order valence-electron chi connectivity index (χ2n) is 4.44. The molecule has 1 aromatic carbocycles. The molecule has 0 aromatic heterocycles. The molecule has 3 atom stereocenters. The largest absolute Gasteiger partial charge is 0.385 e. The first kappa shape index (κ1) is 9.72. The van der Waals surface area contributed by atoms with Gasteiger partial charge in [-0.2, -0.15) is 0 Å². The van der Waals surface area contributed by atoms with Crippen LogP contribution in [0.15, 0.2) is 24.3 Å². The molecule has 1 aromatic rings. The Bertz CT molecular complexity index is 345. The minimum Gasteiger partial charge on any atom is -0.385 e. The zero-order chi connectivity index (χ0) is 10.3. The Hall–Kier alpha value is -0.820. The zero-order valence-electron chi connectivity index (χ0n) is 9.12. The Morgan fingerprint density at radius 3 is 2.57 bits per heavy atom. The van der Waals surface area contributed by atoms with Crippen LogP contribution >= 0.6 is 0 Å². The summed E-state index contributed by atoms with van der Waals surface area (Å²) >= 11 is 0. The summed E-state index contributed by atoms with van der Waals surface area (Å²) in [6.07, 6.45) is 0.801. The topological polar surface area (TPSA) is 20.2 Å². The second-order valence-corrected chi connectivity index (χ2v) is 4.44. The Labute approximate surface area is 85.8 Å². The smallest absolute Gasteiger partial charge is 0.0927 e. The normalized spacial score (nSPS) is 35.7. The average molecular weight is 190 g/mol. The summed E-state index contributed by atoms with van der Waals surface area (Å²) in [5.41, 5.74) is 1.86. The molecule has 1 aliphatic rings. The van der Waals surface area contributed by atoms with E-state index in [1.165, 1.54) is 5.56 Å². The Morgan fingerprint density at radius 2 is 1.93 bits per heavy atom. The van der Waals surface area contributed by atoms with Crippen molar-refractivity contribution in [1.82, 2.24) is 0 Å². The number of hydrogen-bond donors (Lipinski definition) is 1. The third-order valence-corrected chi connectivity index (χ3v) is 3.96. The minimum absolute atomic E-state index is 0.324. The van der Waals surface area contributed by atoms with Gasteiger partial charge in [-0.15, -0.1) is 0 Å². The lowest BCUT2D eigenvalue weighted by Gasteiger charge is -2.28. The first-order valence-electron chi connectivity index (χ1n) is 5.43. The van der Waals surface area contributed by atoms with Gasteiger partial charge in [0.1, 0.15) is 0 Å². The standard InChI is InChI=1S/C13H18O/c1-4-13(14)10(3)9(2)11-7-5-6-8-12(11)13/h5-10,14H,4H2,1-3H3/t9-,10+,13-/m1/s1. The van der Waals surface area contributed by atoms with Gasteiger partial charge in [-0.25, -0.2) is 0 Å². The number of fused-ring (bicyclic) bond motifs is 1. The highest BCUT2D eigenvalue weighted by molar-refractivity contribution is 5.41. The van der Waals surface area contributed by atoms with E-state index in [2.05, 4.69) is 39.0 Å². The highest BCUT2D eigenvalue weighted by Gasteiger charge is 2.45. The van der Waals surface area contributed by atoms with Crippen molar-refractivity contribution >= 4 is 0 Å². The summed E-state index contributed by atoms with van der Waals surface area (Å²) in [6.45, 7) is 6.41. The van der Waals surface area contributed by atoms with Gasteiger partial charge in [0.15, 0.2) is 0 Å². The predicted octanol–water partition coefficient (Wildman–Crippen LogP) is 3.04.